The summed E-state index contributed by atoms with van der Waals surface area (Å²) in [5, 5.41) is 8.54. The first-order valence-corrected chi connectivity index (χ1v) is 8.81. The van der Waals surface area contributed by atoms with E-state index in [9.17, 15) is 18.9 Å². The monoisotopic (exact) mass is 354 g/mol. The Balaban J connectivity index is -0.000000312. The van der Waals surface area contributed by atoms with E-state index in [4.69, 9.17) is 5.11 Å². The van der Waals surface area contributed by atoms with E-state index >= 15 is 0 Å². The summed E-state index contributed by atoms with van der Waals surface area (Å²) in [6.07, 6.45) is 11.8. The van der Waals surface area contributed by atoms with Crippen molar-refractivity contribution < 1.29 is 28.3 Å². The second kappa shape index (κ2) is 22.6. The molecule has 0 aliphatic heterocycles. The molecule has 0 rings (SSSR count). The molecule has 0 radical (unpaired) electrons. The van der Waals surface area contributed by atoms with Crippen molar-refractivity contribution in [3.63, 3.8) is 0 Å². The summed E-state index contributed by atoms with van der Waals surface area (Å²) >= 11 is 0. The number of unbranched alkanes of at least 4 members (excludes halogenated alkanes) is 8. The normalized spacial score (nSPS) is 11.0. The largest absolute Gasteiger partial charge is 2.00 e. The molecule has 2 atom stereocenters. The molecule has 0 aromatic rings. The summed E-state index contributed by atoms with van der Waals surface area (Å²) < 4.78 is 21.6. The number of hydrogen-bond donors (Lipinski definition) is 1. The molecular weight excluding hydrogens is 330 g/mol. The quantitative estimate of drug-likeness (QED) is 0.346. The van der Waals surface area contributed by atoms with Gasteiger partial charge in [-0.1, -0.05) is 58.3 Å². The van der Waals surface area contributed by atoms with Gasteiger partial charge in [0.2, 0.25) is 0 Å². The molecule has 0 saturated heterocycles. The Morgan fingerprint density at radius 3 is 1.45 bits per heavy atom. The van der Waals surface area contributed by atoms with Crippen LogP contribution in [0.3, 0.4) is 0 Å². The van der Waals surface area contributed by atoms with Gasteiger partial charge >= 0.3 is 54.2 Å². The summed E-state index contributed by atoms with van der Waals surface area (Å²) in [6.45, 7) is 2.62. The smallest absolute Gasteiger partial charge is 0.563 e. The minimum atomic E-state index is -3.24. The van der Waals surface area contributed by atoms with Gasteiger partial charge in [0, 0.05) is 6.61 Å². The van der Waals surface area contributed by atoms with Gasteiger partial charge in [0.1, 0.15) is 4.31 Å². The first kappa shape index (κ1) is 26.2. The van der Waals surface area contributed by atoms with Gasteiger partial charge in [0.15, 0.2) is 0 Å². The molecule has 0 saturated carbocycles. The van der Waals surface area contributed by atoms with E-state index in [2.05, 4.69) is 11.2 Å². The van der Waals surface area contributed by atoms with E-state index in [0.29, 0.717) is 6.61 Å². The van der Waals surface area contributed by atoms with Crippen LogP contribution in [0.5, 0.6) is 0 Å². The molecule has 114 valence electrons. The Morgan fingerprint density at radius 1 is 0.850 bits per heavy atom. The van der Waals surface area contributed by atoms with Crippen LogP contribution in [0.1, 0.15) is 64.7 Å². The van der Waals surface area contributed by atoms with Gasteiger partial charge < -0.3 is 14.9 Å². The molecule has 0 aromatic carbocycles. The average Bonchev–Trinajstić information content (AvgIpc) is 2.32. The number of aliphatic hydroxyl groups excluding tert-OH is 1. The van der Waals surface area contributed by atoms with Crippen LogP contribution in [0.25, 0.3) is 0 Å². The van der Waals surface area contributed by atoms with Crippen molar-refractivity contribution in [3.8, 4) is 0 Å². The molecule has 0 bridgehead atoms. The number of rotatable bonds is 11. The van der Waals surface area contributed by atoms with Crippen LogP contribution < -0.4 is 9.79 Å². The summed E-state index contributed by atoms with van der Waals surface area (Å²) in [6, 6.07) is 0. The van der Waals surface area contributed by atoms with Gasteiger partial charge in [-0.3, -0.25) is 0 Å². The molecule has 6 nitrogen and oxygen atoms in total. The Kier molecular flexibility index (Phi) is 29.6. The maximum absolute atomic E-state index is 9.24. The van der Waals surface area contributed by atoms with Gasteiger partial charge in [0.25, 0.3) is 0 Å². The molecule has 0 spiro atoms. The van der Waals surface area contributed by atoms with Crippen molar-refractivity contribution in [3.05, 3.63) is 0 Å². The molecule has 0 aromatic heterocycles. The predicted octanol–water partition coefficient (Wildman–Crippen LogP) is 2.17. The van der Waals surface area contributed by atoms with E-state index in [1.807, 2.05) is 0 Å². The molecular formula is C11H24CaO6P2+2. The predicted molar refractivity (Wildman–Crippen MR) is 76.4 cm³/mol. The SMILES string of the molecule is CCCCCCCCCCCO.O=[P+]([O-])O[P+](=O)[O-].[Ca+2]. The average molecular weight is 354 g/mol. The van der Waals surface area contributed by atoms with Crippen LogP contribution in [-0.2, 0) is 13.4 Å². The van der Waals surface area contributed by atoms with Crippen LogP contribution in [0.4, 0.5) is 0 Å². The topological polar surface area (TPSA) is 110 Å². The minimum absolute atomic E-state index is 0. The Bertz CT molecular complexity index is 209. The van der Waals surface area contributed by atoms with Crippen molar-refractivity contribution in [2.75, 3.05) is 6.61 Å². The van der Waals surface area contributed by atoms with Gasteiger partial charge in [-0.2, -0.15) is 0 Å². The van der Waals surface area contributed by atoms with E-state index < -0.39 is 16.5 Å². The number of hydrogen-bond acceptors (Lipinski definition) is 6. The summed E-state index contributed by atoms with van der Waals surface area (Å²) in [4.78, 5) is 18.5. The van der Waals surface area contributed by atoms with Crippen molar-refractivity contribution in [2.24, 2.45) is 0 Å². The van der Waals surface area contributed by atoms with E-state index in [0.717, 1.165) is 6.42 Å². The molecule has 0 amide bonds. The first-order valence-electron chi connectivity index (χ1n) is 6.62. The molecule has 0 fully saturated rings. The summed E-state index contributed by atoms with van der Waals surface area (Å²) in [5.41, 5.74) is 0. The van der Waals surface area contributed by atoms with Gasteiger partial charge in [-0.05, 0) is 15.6 Å². The van der Waals surface area contributed by atoms with Crippen molar-refractivity contribution in [1.82, 2.24) is 0 Å². The second-order valence-corrected chi connectivity index (χ2v) is 5.63. The molecule has 0 aliphatic carbocycles. The molecule has 0 aliphatic rings. The summed E-state index contributed by atoms with van der Waals surface area (Å²) in [7, 11) is -6.47. The van der Waals surface area contributed by atoms with Gasteiger partial charge in [-0.25, -0.2) is 0 Å². The van der Waals surface area contributed by atoms with Crippen molar-refractivity contribution in [1.29, 1.82) is 0 Å². The zero-order valence-electron chi connectivity index (χ0n) is 12.2. The van der Waals surface area contributed by atoms with Gasteiger partial charge in [-0.15, -0.1) is 0 Å². The Hall–Kier alpha value is 1.30. The minimum Gasteiger partial charge on any atom is -0.563 e. The third-order valence-electron chi connectivity index (χ3n) is 2.40. The third-order valence-corrected chi connectivity index (χ3v) is 3.46. The zero-order valence-corrected chi connectivity index (χ0v) is 16.2. The maximum atomic E-state index is 9.24. The maximum Gasteiger partial charge on any atom is 2.00 e. The fourth-order valence-electron chi connectivity index (χ4n) is 1.48. The molecule has 1 N–H and O–H groups in total. The molecule has 20 heavy (non-hydrogen) atoms. The standard InChI is InChI=1S/C11H24O.Ca.O5P2/c1-2-3-4-5-6-7-8-9-10-11-12;;1-6(2)5-7(3)4/h12H,2-11H2,1H3;;/q;+2;. The fourth-order valence-corrected chi connectivity index (χ4v) is 1.91. The van der Waals surface area contributed by atoms with Crippen LogP contribution in [0.15, 0.2) is 0 Å². The first-order chi connectivity index (χ1) is 9.04. The van der Waals surface area contributed by atoms with Crippen LogP contribution >= 0.6 is 16.5 Å². The summed E-state index contributed by atoms with van der Waals surface area (Å²) in [5.74, 6) is 0. The molecule has 9 heteroatoms. The van der Waals surface area contributed by atoms with E-state index in [-0.39, 0.29) is 37.7 Å². The zero-order chi connectivity index (χ0) is 14.9. The second-order valence-electron chi connectivity index (χ2n) is 4.08. The van der Waals surface area contributed by atoms with Crippen molar-refractivity contribution in [2.45, 2.75) is 64.7 Å². The van der Waals surface area contributed by atoms with Crippen molar-refractivity contribution >= 4 is 54.2 Å². The van der Waals surface area contributed by atoms with Crippen LogP contribution in [0.2, 0.25) is 0 Å². The van der Waals surface area contributed by atoms with E-state index in [1.165, 1.54) is 51.4 Å². The van der Waals surface area contributed by atoms with Gasteiger partial charge in [0.05, 0.1) is 0 Å². The van der Waals surface area contributed by atoms with Crippen LogP contribution in [0, 0.1) is 0 Å². The van der Waals surface area contributed by atoms with E-state index in [1.54, 1.807) is 0 Å². The fraction of sp³-hybridized carbons (Fsp3) is 1.00. The number of aliphatic hydroxyl groups is 1. The van der Waals surface area contributed by atoms with Crippen LogP contribution in [-0.4, -0.2) is 49.5 Å². The molecule has 0 heterocycles. The Labute approximate surface area is 153 Å². The Morgan fingerprint density at radius 2 is 1.20 bits per heavy atom. The molecule has 2 unspecified atom stereocenters. The third kappa shape index (κ3) is 31.6.